The van der Waals surface area contributed by atoms with Gasteiger partial charge in [0.15, 0.2) is 0 Å². The first-order chi connectivity index (χ1) is 12.1. The van der Waals surface area contributed by atoms with Crippen LogP contribution >= 0.6 is 0 Å². The summed E-state index contributed by atoms with van der Waals surface area (Å²) in [6.45, 7) is 0.872. The van der Waals surface area contributed by atoms with Gasteiger partial charge in [0.2, 0.25) is 5.89 Å². The monoisotopic (exact) mass is 342 g/mol. The highest BCUT2D eigenvalue weighted by Crippen LogP contribution is 2.29. The summed E-state index contributed by atoms with van der Waals surface area (Å²) in [5, 5.41) is 6.92. The summed E-state index contributed by atoms with van der Waals surface area (Å²) in [5.41, 5.74) is 2.59. The van der Waals surface area contributed by atoms with Gasteiger partial charge in [-0.1, -0.05) is 12.1 Å². The molecule has 1 aliphatic heterocycles. The van der Waals surface area contributed by atoms with Gasteiger partial charge in [0.05, 0.1) is 12.2 Å². The summed E-state index contributed by atoms with van der Waals surface area (Å²) in [6, 6.07) is 10.6. The molecule has 1 aliphatic rings. The first kappa shape index (κ1) is 15.4. The normalized spacial score (nSPS) is 13.6. The second-order valence-electron chi connectivity index (χ2n) is 5.60. The van der Waals surface area contributed by atoms with Crippen LogP contribution in [0.1, 0.15) is 33.9 Å². The van der Waals surface area contributed by atoms with Crippen LogP contribution < -0.4 is 0 Å². The molecule has 0 saturated carbocycles. The van der Waals surface area contributed by atoms with Gasteiger partial charge in [0.25, 0.3) is 11.8 Å². The lowest BCUT2D eigenvalue weighted by atomic mass is 10.1. The van der Waals surface area contributed by atoms with Gasteiger partial charge >= 0.3 is 6.43 Å². The number of fused-ring (bicyclic) bond motifs is 1. The highest BCUT2D eigenvalue weighted by molar-refractivity contribution is 5.99. The van der Waals surface area contributed by atoms with Crippen LogP contribution in [0.2, 0.25) is 0 Å². The van der Waals surface area contributed by atoms with E-state index in [1.807, 2.05) is 18.2 Å². The van der Waals surface area contributed by atoms with E-state index in [-0.39, 0.29) is 11.8 Å². The van der Waals surface area contributed by atoms with E-state index in [9.17, 15) is 13.6 Å². The van der Waals surface area contributed by atoms with Crippen molar-refractivity contribution in [3.63, 3.8) is 0 Å². The molecule has 2 aromatic heterocycles. The van der Waals surface area contributed by atoms with Crippen LogP contribution in [0.25, 0.3) is 11.5 Å². The van der Waals surface area contributed by atoms with Gasteiger partial charge in [0.1, 0.15) is 0 Å². The van der Waals surface area contributed by atoms with Crippen molar-refractivity contribution in [3.05, 3.63) is 65.3 Å². The molecular weight excluding hydrogens is 330 g/mol. The van der Waals surface area contributed by atoms with Crippen LogP contribution in [-0.4, -0.2) is 26.0 Å². The van der Waals surface area contributed by atoms with Crippen LogP contribution in [0.3, 0.4) is 0 Å². The number of amides is 1. The third-order valence-electron chi connectivity index (χ3n) is 3.94. The largest absolute Gasteiger partial charge is 0.415 e. The Kier molecular flexibility index (Phi) is 3.72. The lowest BCUT2D eigenvalue weighted by Crippen LogP contribution is -2.23. The Morgan fingerprint density at radius 2 is 2.08 bits per heavy atom. The molecule has 0 saturated heterocycles. The van der Waals surface area contributed by atoms with Crippen molar-refractivity contribution in [2.75, 3.05) is 0 Å². The van der Waals surface area contributed by atoms with Crippen molar-refractivity contribution < 1.29 is 18.0 Å². The fourth-order valence-electron chi connectivity index (χ4n) is 2.75. The van der Waals surface area contributed by atoms with Crippen molar-refractivity contribution in [1.82, 2.24) is 20.1 Å². The fraction of sp³-hybridized carbons (Fsp3) is 0.176. The smallest absolute Gasteiger partial charge is 0.314 e. The lowest BCUT2D eigenvalue weighted by molar-refractivity contribution is 0.0764. The Labute approximate surface area is 141 Å². The van der Waals surface area contributed by atoms with E-state index in [0.29, 0.717) is 24.2 Å². The Morgan fingerprint density at radius 1 is 1.20 bits per heavy atom. The highest BCUT2D eigenvalue weighted by atomic mass is 19.3. The van der Waals surface area contributed by atoms with E-state index in [4.69, 9.17) is 4.42 Å². The number of carbonyl (C=O) groups is 1. The van der Waals surface area contributed by atoms with Gasteiger partial charge in [-0.3, -0.25) is 9.78 Å². The molecule has 0 spiro atoms. The molecule has 0 bridgehead atoms. The predicted molar refractivity (Wildman–Crippen MR) is 82.5 cm³/mol. The van der Waals surface area contributed by atoms with E-state index in [0.717, 1.165) is 11.3 Å². The number of aromatic nitrogens is 3. The zero-order chi connectivity index (χ0) is 17.4. The van der Waals surface area contributed by atoms with E-state index in [1.165, 1.54) is 0 Å². The van der Waals surface area contributed by atoms with Crippen molar-refractivity contribution in [1.29, 1.82) is 0 Å². The SMILES string of the molecule is O=C1c2cc(-c3nnc(C(F)F)o3)ccc2CN1Cc1ccccn1. The van der Waals surface area contributed by atoms with Crippen LogP contribution in [0, 0.1) is 0 Å². The molecule has 0 radical (unpaired) electrons. The molecule has 3 aromatic rings. The maximum absolute atomic E-state index is 12.6. The molecule has 126 valence electrons. The number of carbonyl (C=O) groups excluding carboxylic acids is 1. The Morgan fingerprint density at radius 3 is 2.80 bits per heavy atom. The summed E-state index contributed by atoms with van der Waals surface area (Å²) < 4.78 is 30.1. The average Bonchev–Trinajstić information content (AvgIpc) is 3.22. The maximum atomic E-state index is 12.6. The molecular formula is C17H12F2N4O2. The molecule has 1 amide bonds. The standard InChI is InChI=1S/C17H12F2N4O2/c18-14(19)16-22-21-15(25-16)10-4-5-11-8-23(17(24)13(11)7-10)9-12-3-1-2-6-20-12/h1-7,14H,8-9H2. The zero-order valence-corrected chi connectivity index (χ0v) is 12.9. The van der Waals surface area contributed by atoms with Crippen molar-refractivity contribution in [2.45, 2.75) is 19.5 Å². The summed E-state index contributed by atoms with van der Waals surface area (Å²) in [7, 11) is 0. The van der Waals surface area contributed by atoms with Gasteiger partial charge in [-0.25, -0.2) is 0 Å². The van der Waals surface area contributed by atoms with Gasteiger partial charge in [-0.15, -0.1) is 10.2 Å². The Hall–Kier alpha value is -3.16. The minimum absolute atomic E-state index is 0.0333. The summed E-state index contributed by atoms with van der Waals surface area (Å²) in [5.74, 6) is -0.913. The second-order valence-corrected chi connectivity index (χ2v) is 5.60. The molecule has 4 rings (SSSR count). The molecule has 0 unspecified atom stereocenters. The quantitative estimate of drug-likeness (QED) is 0.728. The first-order valence-electron chi connectivity index (χ1n) is 7.56. The van der Waals surface area contributed by atoms with Crippen molar-refractivity contribution in [2.24, 2.45) is 0 Å². The van der Waals surface area contributed by atoms with Gasteiger partial charge in [-0.2, -0.15) is 8.78 Å². The number of benzene rings is 1. The number of rotatable bonds is 4. The Balaban J connectivity index is 1.59. The molecule has 0 aliphatic carbocycles. The maximum Gasteiger partial charge on any atom is 0.314 e. The number of pyridine rings is 1. The predicted octanol–water partition coefficient (Wildman–Crippen LogP) is 3.23. The number of alkyl halides is 2. The van der Waals surface area contributed by atoms with Crippen molar-refractivity contribution in [3.8, 4) is 11.5 Å². The van der Waals surface area contributed by atoms with Crippen LogP contribution in [0.5, 0.6) is 0 Å². The molecule has 6 nitrogen and oxygen atoms in total. The Bertz CT molecular complexity index is 927. The molecule has 0 atom stereocenters. The van der Waals surface area contributed by atoms with Gasteiger partial charge < -0.3 is 9.32 Å². The molecule has 8 heteroatoms. The zero-order valence-electron chi connectivity index (χ0n) is 12.9. The van der Waals surface area contributed by atoms with E-state index in [2.05, 4.69) is 15.2 Å². The number of hydrogen-bond acceptors (Lipinski definition) is 5. The minimum Gasteiger partial charge on any atom is -0.415 e. The molecule has 25 heavy (non-hydrogen) atoms. The van der Waals surface area contributed by atoms with Crippen molar-refractivity contribution >= 4 is 5.91 Å². The summed E-state index contributed by atoms with van der Waals surface area (Å²) in [6.07, 6.45) is -1.15. The average molecular weight is 342 g/mol. The lowest BCUT2D eigenvalue weighted by Gasteiger charge is -2.14. The summed E-state index contributed by atoms with van der Waals surface area (Å²) >= 11 is 0. The third-order valence-corrected chi connectivity index (χ3v) is 3.94. The minimum atomic E-state index is -2.83. The molecule has 0 N–H and O–H groups in total. The third kappa shape index (κ3) is 2.86. The topological polar surface area (TPSA) is 72.1 Å². The van der Waals surface area contributed by atoms with E-state index in [1.54, 1.807) is 29.3 Å². The number of halogens is 2. The molecule has 1 aromatic carbocycles. The van der Waals surface area contributed by atoms with E-state index < -0.39 is 12.3 Å². The second kappa shape index (κ2) is 6.04. The number of hydrogen-bond donors (Lipinski definition) is 0. The fourth-order valence-corrected chi connectivity index (χ4v) is 2.75. The van der Waals surface area contributed by atoms with Crippen LogP contribution in [-0.2, 0) is 13.1 Å². The molecule has 0 fully saturated rings. The highest BCUT2D eigenvalue weighted by Gasteiger charge is 2.28. The first-order valence-corrected chi connectivity index (χ1v) is 7.56. The van der Waals surface area contributed by atoms with Gasteiger partial charge in [0, 0.05) is 23.9 Å². The summed E-state index contributed by atoms with van der Waals surface area (Å²) in [4.78, 5) is 18.5. The molecule has 3 heterocycles. The number of nitrogens with zero attached hydrogens (tertiary/aromatic N) is 4. The van der Waals surface area contributed by atoms with Crippen LogP contribution in [0.15, 0.2) is 47.0 Å². The van der Waals surface area contributed by atoms with E-state index >= 15 is 0 Å². The van der Waals surface area contributed by atoms with Crippen LogP contribution in [0.4, 0.5) is 8.78 Å². The van der Waals surface area contributed by atoms with Gasteiger partial charge in [-0.05, 0) is 29.8 Å².